The number of amides is 2. The quantitative estimate of drug-likeness (QED) is 0.628. The number of benzene rings is 2. The van der Waals surface area contributed by atoms with E-state index in [-0.39, 0.29) is 12.3 Å². The van der Waals surface area contributed by atoms with Crippen LogP contribution in [0.5, 0.6) is 0 Å². The lowest BCUT2D eigenvalue weighted by Crippen LogP contribution is -2.38. The molecule has 0 radical (unpaired) electrons. The first-order valence-corrected chi connectivity index (χ1v) is 9.49. The van der Waals surface area contributed by atoms with Gasteiger partial charge in [-0.05, 0) is 23.6 Å². The highest BCUT2D eigenvalue weighted by Crippen LogP contribution is 2.13. The fourth-order valence-corrected chi connectivity index (χ4v) is 3.46. The Labute approximate surface area is 157 Å². The minimum atomic E-state index is -0.525. The highest BCUT2D eigenvalue weighted by atomic mass is 32.2. The molecule has 0 aliphatic carbocycles. The first-order chi connectivity index (χ1) is 12.6. The average molecular weight is 370 g/mol. The molecule has 1 atom stereocenters. The molecule has 5 nitrogen and oxygen atoms in total. The van der Waals surface area contributed by atoms with Crippen molar-refractivity contribution in [3.05, 3.63) is 71.3 Å². The normalized spacial score (nSPS) is 11.5. The molecule has 0 bridgehead atoms. The Morgan fingerprint density at radius 1 is 1.08 bits per heavy atom. The Morgan fingerprint density at radius 3 is 2.46 bits per heavy atom. The van der Waals surface area contributed by atoms with Crippen molar-refractivity contribution in [2.24, 2.45) is 5.73 Å². The van der Waals surface area contributed by atoms with Gasteiger partial charge in [0.15, 0.2) is 0 Å². The molecule has 0 saturated heterocycles. The van der Waals surface area contributed by atoms with Crippen LogP contribution in [-0.2, 0) is 21.8 Å². The lowest BCUT2D eigenvalue weighted by atomic mass is 10.0. The van der Waals surface area contributed by atoms with E-state index in [1.807, 2.05) is 30.3 Å². The first-order valence-electron chi connectivity index (χ1n) is 8.34. The van der Waals surface area contributed by atoms with E-state index in [0.717, 1.165) is 17.6 Å². The molecule has 1 unspecified atom stereocenters. The molecular weight excluding hydrogens is 348 g/mol. The SMILES string of the molecule is NC(=O)c1ccccc1CCC(=O)NC(C=O)CSCc1ccccc1. The molecule has 2 rings (SSSR count). The standard InChI is InChI=1S/C20H22N2O3S/c21-20(25)18-9-5-4-8-16(18)10-11-19(24)22-17(12-23)14-26-13-15-6-2-1-3-7-15/h1-9,12,17H,10-11,13-14H2,(H2,21,25)(H,22,24). The van der Waals surface area contributed by atoms with E-state index < -0.39 is 11.9 Å². The first kappa shape index (κ1) is 19.7. The van der Waals surface area contributed by atoms with Gasteiger partial charge in [-0.3, -0.25) is 9.59 Å². The molecule has 0 spiro atoms. The molecule has 2 amide bonds. The molecule has 0 aliphatic heterocycles. The summed E-state index contributed by atoms with van der Waals surface area (Å²) in [5.74, 6) is 0.570. The Morgan fingerprint density at radius 2 is 1.77 bits per heavy atom. The van der Waals surface area contributed by atoms with E-state index in [1.165, 1.54) is 5.56 Å². The number of hydrogen-bond donors (Lipinski definition) is 2. The highest BCUT2D eigenvalue weighted by Gasteiger charge is 2.13. The van der Waals surface area contributed by atoms with Crippen LogP contribution in [-0.4, -0.2) is 29.9 Å². The number of carbonyl (C=O) groups is 3. The largest absolute Gasteiger partial charge is 0.366 e. The molecule has 26 heavy (non-hydrogen) atoms. The molecule has 136 valence electrons. The fourth-order valence-electron chi connectivity index (χ4n) is 2.50. The summed E-state index contributed by atoms with van der Waals surface area (Å²) in [6, 6.07) is 16.4. The van der Waals surface area contributed by atoms with E-state index in [4.69, 9.17) is 5.73 Å². The number of aryl methyl sites for hydroxylation is 1. The summed E-state index contributed by atoms with van der Waals surface area (Å²) in [6.07, 6.45) is 1.35. The van der Waals surface area contributed by atoms with Gasteiger partial charge in [0.25, 0.3) is 0 Å². The summed E-state index contributed by atoms with van der Waals surface area (Å²) < 4.78 is 0. The summed E-state index contributed by atoms with van der Waals surface area (Å²) >= 11 is 1.59. The van der Waals surface area contributed by atoms with Crippen molar-refractivity contribution in [3.63, 3.8) is 0 Å². The van der Waals surface area contributed by atoms with Gasteiger partial charge in [-0.2, -0.15) is 11.8 Å². The number of thioether (sulfide) groups is 1. The monoisotopic (exact) mass is 370 g/mol. The van der Waals surface area contributed by atoms with Gasteiger partial charge < -0.3 is 15.8 Å². The average Bonchev–Trinajstić information content (AvgIpc) is 2.66. The third kappa shape index (κ3) is 6.37. The van der Waals surface area contributed by atoms with Gasteiger partial charge in [-0.15, -0.1) is 0 Å². The van der Waals surface area contributed by atoms with E-state index >= 15 is 0 Å². The molecule has 3 N–H and O–H groups in total. The number of hydrogen-bond acceptors (Lipinski definition) is 4. The molecule has 2 aromatic carbocycles. The van der Waals surface area contributed by atoms with Gasteiger partial charge >= 0.3 is 0 Å². The fraction of sp³-hybridized carbons (Fsp3) is 0.250. The molecule has 0 aromatic heterocycles. The topological polar surface area (TPSA) is 89.3 Å². The zero-order valence-corrected chi connectivity index (χ0v) is 15.2. The number of rotatable bonds is 10. The van der Waals surface area contributed by atoms with Crippen LogP contribution in [0.1, 0.15) is 27.9 Å². The molecule has 0 saturated carbocycles. The summed E-state index contributed by atoms with van der Waals surface area (Å²) in [4.78, 5) is 34.7. The van der Waals surface area contributed by atoms with Crippen molar-refractivity contribution < 1.29 is 14.4 Å². The van der Waals surface area contributed by atoms with Crippen molar-refractivity contribution in [2.75, 3.05) is 5.75 Å². The Hall–Kier alpha value is -2.60. The molecule has 2 aromatic rings. The lowest BCUT2D eigenvalue weighted by molar-refractivity contribution is -0.123. The second kappa shape index (κ2) is 10.4. The van der Waals surface area contributed by atoms with Crippen LogP contribution in [0.3, 0.4) is 0 Å². The van der Waals surface area contributed by atoms with Crippen LogP contribution < -0.4 is 11.1 Å². The van der Waals surface area contributed by atoms with Crippen molar-refractivity contribution >= 4 is 29.9 Å². The number of nitrogens with two attached hydrogens (primary N) is 1. The number of aldehydes is 1. The smallest absolute Gasteiger partial charge is 0.248 e. The zero-order chi connectivity index (χ0) is 18.8. The molecule has 0 heterocycles. The summed E-state index contributed by atoms with van der Waals surface area (Å²) in [6.45, 7) is 0. The summed E-state index contributed by atoms with van der Waals surface area (Å²) in [5.41, 5.74) is 7.67. The number of nitrogens with one attached hydrogen (secondary N) is 1. The Bertz CT molecular complexity index is 750. The van der Waals surface area contributed by atoms with Crippen LogP contribution in [0.25, 0.3) is 0 Å². The van der Waals surface area contributed by atoms with Crippen LogP contribution in [0.2, 0.25) is 0 Å². The van der Waals surface area contributed by atoms with Gasteiger partial charge in [0.05, 0.1) is 6.04 Å². The molecule has 0 aliphatic rings. The van der Waals surface area contributed by atoms with Gasteiger partial charge in [0.1, 0.15) is 6.29 Å². The van der Waals surface area contributed by atoms with Crippen molar-refractivity contribution in [2.45, 2.75) is 24.6 Å². The lowest BCUT2D eigenvalue weighted by Gasteiger charge is -2.13. The Balaban J connectivity index is 1.78. The minimum absolute atomic E-state index is 0.192. The van der Waals surface area contributed by atoms with E-state index in [0.29, 0.717) is 17.7 Å². The van der Waals surface area contributed by atoms with Gasteiger partial charge in [0.2, 0.25) is 11.8 Å². The van der Waals surface area contributed by atoms with E-state index in [9.17, 15) is 14.4 Å². The van der Waals surface area contributed by atoms with Gasteiger partial charge in [-0.25, -0.2) is 0 Å². The van der Waals surface area contributed by atoms with Gasteiger partial charge in [0, 0.05) is 23.5 Å². The summed E-state index contributed by atoms with van der Waals surface area (Å²) in [5, 5.41) is 2.73. The van der Waals surface area contributed by atoms with Gasteiger partial charge in [-0.1, -0.05) is 48.5 Å². The van der Waals surface area contributed by atoms with Crippen LogP contribution in [0, 0.1) is 0 Å². The number of primary amides is 1. The number of carbonyl (C=O) groups excluding carboxylic acids is 3. The minimum Gasteiger partial charge on any atom is -0.366 e. The molecule has 0 fully saturated rings. The summed E-state index contributed by atoms with van der Waals surface area (Å²) in [7, 11) is 0. The molecule has 6 heteroatoms. The third-order valence-corrected chi connectivity index (χ3v) is 4.96. The van der Waals surface area contributed by atoms with E-state index in [2.05, 4.69) is 5.32 Å². The van der Waals surface area contributed by atoms with Crippen molar-refractivity contribution in [3.8, 4) is 0 Å². The maximum atomic E-state index is 12.1. The zero-order valence-electron chi connectivity index (χ0n) is 14.4. The second-order valence-corrected chi connectivity index (χ2v) is 6.86. The predicted octanol–water partition coefficient (Wildman–Crippen LogP) is 2.34. The third-order valence-electron chi connectivity index (χ3n) is 3.82. The maximum absolute atomic E-state index is 12.1. The molecular formula is C20H22N2O3S. The maximum Gasteiger partial charge on any atom is 0.248 e. The predicted molar refractivity (Wildman–Crippen MR) is 104 cm³/mol. The van der Waals surface area contributed by atoms with Crippen LogP contribution in [0.15, 0.2) is 54.6 Å². The highest BCUT2D eigenvalue weighted by molar-refractivity contribution is 7.98. The second-order valence-electron chi connectivity index (χ2n) is 5.83. The van der Waals surface area contributed by atoms with E-state index in [1.54, 1.807) is 36.0 Å². The van der Waals surface area contributed by atoms with Crippen molar-refractivity contribution in [1.82, 2.24) is 5.32 Å². The Kier molecular flexibility index (Phi) is 7.89. The van der Waals surface area contributed by atoms with Crippen molar-refractivity contribution in [1.29, 1.82) is 0 Å². The van der Waals surface area contributed by atoms with Crippen LogP contribution >= 0.6 is 11.8 Å². The van der Waals surface area contributed by atoms with Crippen LogP contribution in [0.4, 0.5) is 0 Å².